The van der Waals surface area contributed by atoms with Crippen LogP contribution in [0, 0.1) is 6.92 Å². The van der Waals surface area contributed by atoms with Crippen LogP contribution in [0.15, 0.2) is 16.6 Å². The van der Waals surface area contributed by atoms with Crippen molar-refractivity contribution in [3.63, 3.8) is 0 Å². The normalized spacial score (nSPS) is 12.5. The topological polar surface area (TPSA) is 9.23 Å². The minimum absolute atomic E-state index is 0.0356. The average Bonchev–Trinajstić information content (AvgIpc) is 2.32. The van der Waals surface area contributed by atoms with Crippen molar-refractivity contribution < 1.29 is 4.74 Å². The van der Waals surface area contributed by atoms with Crippen molar-refractivity contribution in [3.8, 4) is 5.75 Å². The van der Waals surface area contributed by atoms with Crippen LogP contribution in [0.1, 0.15) is 49.1 Å². The number of unbranched alkanes of at least 4 members (excludes halogenated alkanes) is 2. The molecule has 0 saturated carbocycles. The number of ether oxygens (including phenoxy) is 1. The van der Waals surface area contributed by atoms with Gasteiger partial charge in [-0.05, 0) is 31.0 Å². The van der Waals surface area contributed by atoms with Crippen LogP contribution < -0.4 is 4.74 Å². The monoisotopic (exact) mass is 318 g/mol. The summed E-state index contributed by atoms with van der Waals surface area (Å²) < 4.78 is 6.50. The number of rotatable bonds is 6. The van der Waals surface area contributed by atoms with E-state index in [9.17, 15) is 0 Å². The molecule has 1 atom stereocenters. The van der Waals surface area contributed by atoms with Gasteiger partial charge >= 0.3 is 0 Å². The summed E-state index contributed by atoms with van der Waals surface area (Å²) in [6.45, 7) is 4.25. The molecule has 17 heavy (non-hydrogen) atoms. The molecule has 1 nitrogen and oxygen atoms in total. The van der Waals surface area contributed by atoms with Gasteiger partial charge in [0.15, 0.2) is 0 Å². The van der Waals surface area contributed by atoms with E-state index in [1.54, 1.807) is 7.11 Å². The number of methoxy groups -OCH3 is 1. The van der Waals surface area contributed by atoms with Gasteiger partial charge in [-0.1, -0.05) is 42.1 Å². The molecule has 0 amide bonds. The van der Waals surface area contributed by atoms with Gasteiger partial charge in [-0.2, -0.15) is 0 Å². The molecule has 0 N–H and O–H groups in total. The van der Waals surface area contributed by atoms with Crippen molar-refractivity contribution in [2.45, 2.75) is 44.9 Å². The van der Waals surface area contributed by atoms with Crippen LogP contribution >= 0.6 is 27.5 Å². The Kier molecular flexibility index (Phi) is 6.35. The maximum atomic E-state index is 6.45. The van der Waals surface area contributed by atoms with Gasteiger partial charge in [0, 0.05) is 10.0 Å². The van der Waals surface area contributed by atoms with Gasteiger partial charge < -0.3 is 4.74 Å². The summed E-state index contributed by atoms with van der Waals surface area (Å²) in [6, 6.07) is 4.12. The Bertz CT molecular complexity index is 365. The molecule has 0 bridgehead atoms. The molecule has 0 aliphatic heterocycles. The van der Waals surface area contributed by atoms with E-state index in [2.05, 4.69) is 35.8 Å². The number of benzene rings is 1. The van der Waals surface area contributed by atoms with Crippen molar-refractivity contribution in [2.75, 3.05) is 7.11 Å². The van der Waals surface area contributed by atoms with E-state index in [1.165, 1.54) is 24.8 Å². The van der Waals surface area contributed by atoms with Gasteiger partial charge in [-0.25, -0.2) is 0 Å². The highest BCUT2D eigenvalue weighted by molar-refractivity contribution is 9.10. The molecular formula is C14H20BrClO. The Morgan fingerprint density at radius 1 is 1.35 bits per heavy atom. The maximum absolute atomic E-state index is 6.45. The molecule has 0 saturated heterocycles. The largest absolute Gasteiger partial charge is 0.496 e. The first-order chi connectivity index (χ1) is 8.10. The lowest BCUT2D eigenvalue weighted by Crippen LogP contribution is -1.97. The number of halogens is 2. The molecule has 1 rings (SSSR count). The third-order valence-corrected chi connectivity index (χ3v) is 4.22. The van der Waals surface area contributed by atoms with Crippen LogP contribution in [0.5, 0.6) is 5.75 Å². The summed E-state index contributed by atoms with van der Waals surface area (Å²) in [4.78, 5) is 0. The van der Waals surface area contributed by atoms with Crippen molar-refractivity contribution >= 4 is 27.5 Å². The third kappa shape index (κ3) is 4.18. The van der Waals surface area contributed by atoms with E-state index < -0.39 is 0 Å². The van der Waals surface area contributed by atoms with Gasteiger partial charge in [0.1, 0.15) is 5.75 Å². The van der Waals surface area contributed by atoms with Crippen LogP contribution in [0.2, 0.25) is 0 Å². The van der Waals surface area contributed by atoms with E-state index in [1.807, 2.05) is 6.07 Å². The Morgan fingerprint density at radius 2 is 2.06 bits per heavy atom. The first-order valence-corrected chi connectivity index (χ1v) is 7.31. The quantitative estimate of drug-likeness (QED) is 0.488. The molecule has 0 spiro atoms. The van der Waals surface area contributed by atoms with Gasteiger partial charge in [0.2, 0.25) is 0 Å². The summed E-state index contributed by atoms with van der Waals surface area (Å²) in [5.41, 5.74) is 2.26. The van der Waals surface area contributed by atoms with Gasteiger partial charge in [0.25, 0.3) is 0 Å². The van der Waals surface area contributed by atoms with Crippen molar-refractivity contribution in [2.24, 2.45) is 0 Å². The molecule has 0 aliphatic carbocycles. The second kappa shape index (κ2) is 7.27. The number of alkyl halides is 1. The summed E-state index contributed by atoms with van der Waals surface area (Å²) in [6.07, 6.45) is 4.62. The Balaban J connectivity index is 2.84. The Labute approximate surface area is 118 Å². The van der Waals surface area contributed by atoms with Crippen LogP contribution in [0.25, 0.3) is 0 Å². The lowest BCUT2D eigenvalue weighted by atomic mass is 10.0. The fourth-order valence-electron chi connectivity index (χ4n) is 1.82. The Hall–Kier alpha value is -0.210. The smallest absolute Gasteiger partial charge is 0.123 e. The molecular weight excluding hydrogens is 300 g/mol. The highest BCUT2D eigenvalue weighted by atomic mass is 79.9. The van der Waals surface area contributed by atoms with Crippen LogP contribution in [-0.2, 0) is 0 Å². The summed E-state index contributed by atoms with van der Waals surface area (Å²) in [5, 5.41) is 0.0356. The highest BCUT2D eigenvalue weighted by Crippen LogP contribution is 2.36. The molecule has 1 unspecified atom stereocenters. The first-order valence-electron chi connectivity index (χ1n) is 6.08. The maximum Gasteiger partial charge on any atom is 0.123 e. The molecule has 0 aromatic heterocycles. The number of hydrogen-bond acceptors (Lipinski definition) is 1. The van der Waals surface area contributed by atoms with Crippen molar-refractivity contribution in [1.29, 1.82) is 0 Å². The van der Waals surface area contributed by atoms with Gasteiger partial charge in [-0.15, -0.1) is 11.6 Å². The van der Waals surface area contributed by atoms with Crippen LogP contribution in [0.4, 0.5) is 0 Å². The lowest BCUT2D eigenvalue weighted by molar-refractivity contribution is 0.407. The van der Waals surface area contributed by atoms with E-state index in [4.69, 9.17) is 16.3 Å². The third-order valence-electron chi connectivity index (χ3n) is 2.91. The van der Waals surface area contributed by atoms with E-state index in [-0.39, 0.29) is 5.38 Å². The average molecular weight is 320 g/mol. The van der Waals surface area contributed by atoms with Crippen LogP contribution in [-0.4, -0.2) is 7.11 Å². The van der Waals surface area contributed by atoms with E-state index in [0.717, 1.165) is 22.2 Å². The molecule has 1 aromatic carbocycles. The van der Waals surface area contributed by atoms with Gasteiger partial charge in [-0.3, -0.25) is 0 Å². The Morgan fingerprint density at radius 3 is 2.65 bits per heavy atom. The minimum Gasteiger partial charge on any atom is -0.496 e. The SMILES string of the molecule is CCCCCC(Cl)c1cc(Br)c(C)cc1OC. The standard InChI is InChI=1S/C14H20BrClO/c1-4-5-6-7-13(16)11-9-12(15)10(2)8-14(11)17-3/h8-9,13H,4-7H2,1-3H3. The zero-order valence-electron chi connectivity index (χ0n) is 10.7. The van der Waals surface area contributed by atoms with Crippen LogP contribution in [0.3, 0.4) is 0 Å². The molecule has 96 valence electrons. The van der Waals surface area contributed by atoms with E-state index in [0.29, 0.717) is 0 Å². The number of hydrogen-bond donors (Lipinski definition) is 0. The predicted molar refractivity (Wildman–Crippen MR) is 78.2 cm³/mol. The lowest BCUT2D eigenvalue weighted by Gasteiger charge is -2.15. The van der Waals surface area contributed by atoms with Crippen molar-refractivity contribution in [3.05, 3.63) is 27.7 Å². The zero-order valence-corrected chi connectivity index (χ0v) is 13.1. The first kappa shape index (κ1) is 14.8. The molecule has 0 aliphatic rings. The molecule has 1 aromatic rings. The number of aryl methyl sites for hydroxylation is 1. The van der Waals surface area contributed by atoms with Gasteiger partial charge in [0.05, 0.1) is 12.5 Å². The second-order valence-electron chi connectivity index (χ2n) is 4.31. The van der Waals surface area contributed by atoms with E-state index >= 15 is 0 Å². The fourth-order valence-corrected chi connectivity index (χ4v) is 2.51. The molecule has 0 heterocycles. The minimum atomic E-state index is 0.0356. The molecule has 0 radical (unpaired) electrons. The zero-order chi connectivity index (χ0) is 12.8. The second-order valence-corrected chi connectivity index (χ2v) is 5.69. The highest BCUT2D eigenvalue weighted by Gasteiger charge is 2.15. The molecule has 3 heteroatoms. The predicted octanol–water partition coefficient (Wildman–Crippen LogP) is 5.63. The summed E-state index contributed by atoms with van der Waals surface area (Å²) in [7, 11) is 1.70. The summed E-state index contributed by atoms with van der Waals surface area (Å²) >= 11 is 9.99. The molecule has 0 fully saturated rings. The summed E-state index contributed by atoms with van der Waals surface area (Å²) in [5.74, 6) is 0.891. The van der Waals surface area contributed by atoms with Crippen molar-refractivity contribution in [1.82, 2.24) is 0 Å². The fraction of sp³-hybridized carbons (Fsp3) is 0.571.